The number of anilines is 1. The van der Waals surface area contributed by atoms with E-state index in [1.807, 2.05) is 36.6 Å². The number of aromatic nitrogens is 3. The molecule has 2 heterocycles. The molecule has 0 aliphatic heterocycles. The molecule has 0 radical (unpaired) electrons. The minimum atomic E-state index is -0.330. The third-order valence-electron chi connectivity index (χ3n) is 4.20. The van der Waals surface area contributed by atoms with E-state index < -0.39 is 0 Å². The van der Waals surface area contributed by atoms with Crippen molar-refractivity contribution in [1.82, 2.24) is 15.1 Å². The van der Waals surface area contributed by atoms with Crippen LogP contribution in [-0.4, -0.2) is 21.0 Å². The van der Waals surface area contributed by atoms with Gasteiger partial charge in [-0.15, -0.1) is 11.3 Å². The minimum Gasteiger partial charge on any atom is -0.339 e. The lowest BCUT2D eigenvalue weighted by Crippen LogP contribution is -2.12. The number of thiazole rings is 1. The molecular weight excluding hydrogens is 391 g/mol. The summed E-state index contributed by atoms with van der Waals surface area (Å²) in [5.41, 5.74) is 3.20. The van der Waals surface area contributed by atoms with Crippen LogP contribution in [0, 0.1) is 12.7 Å². The fourth-order valence-electron chi connectivity index (χ4n) is 2.77. The SMILES string of the molecule is Cc1nc(-c2cccc(NC(=O)CCc3nc(-c4ccc(F)cc4)no3)c2)cs1. The Morgan fingerprint density at radius 1 is 1.14 bits per heavy atom. The summed E-state index contributed by atoms with van der Waals surface area (Å²) >= 11 is 1.59. The van der Waals surface area contributed by atoms with Crippen molar-refractivity contribution < 1.29 is 13.7 Å². The van der Waals surface area contributed by atoms with Crippen molar-refractivity contribution in [2.24, 2.45) is 0 Å². The second-order valence-electron chi connectivity index (χ2n) is 6.40. The number of aryl methyl sites for hydroxylation is 2. The summed E-state index contributed by atoms with van der Waals surface area (Å²) < 4.78 is 18.2. The van der Waals surface area contributed by atoms with Gasteiger partial charge in [0.05, 0.1) is 10.7 Å². The smallest absolute Gasteiger partial charge is 0.227 e. The Morgan fingerprint density at radius 3 is 2.72 bits per heavy atom. The second kappa shape index (κ2) is 8.32. The van der Waals surface area contributed by atoms with E-state index in [1.165, 1.54) is 12.1 Å². The van der Waals surface area contributed by atoms with Crippen molar-refractivity contribution in [3.63, 3.8) is 0 Å². The van der Waals surface area contributed by atoms with Crippen LogP contribution >= 0.6 is 11.3 Å². The zero-order valence-electron chi connectivity index (χ0n) is 15.6. The fraction of sp³-hybridized carbons (Fsp3) is 0.143. The molecule has 0 saturated heterocycles. The van der Waals surface area contributed by atoms with Crippen LogP contribution in [0.4, 0.5) is 10.1 Å². The minimum absolute atomic E-state index is 0.154. The number of nitrogens with zero attached hydrogens (tertiary/aromatic N) is 3. The van der Waals surface area contributed by atoms with Gasteiger partial charge < -0.3 is 9.84 Å². The molecule has 2 aromatic carbocycles. The topological polar surface area (TPSA) is 80.9 Å². The van der Waals surface area contributed by atoms with Crippen molar-refractivity contribution in [1.29, 1.82) is 0 Å². The number of benzene rings is 2. The van der Waals surface area contributed by atoms with Gasteiger partial charge in [-0.1, -0.05) is 17.3 Å². The molecule has 2 aromatic heterocycles. The van der Waals surface area contributed by atoms with Gasteiger partial charge in [0.25, 0.3) is 0 Å². The van der Waals surface area contributed by atoms with Crippen LogP contribution in [0.5, 0.6) is 0 Å². The van der Waals surface area contributed by atoms with Gasteiger partial charge in [0.1, 0.15) is 5.82 Å². The molecule has 4 aromatic rings. The van der Waals surface area contributed by atoms with Gasteiger partial charge in [-0.25, -0.2) is 9.37 Å². The normalized spacial score (nSPS) is 10.8. The average Bonchev–Trinajstić information content (AvgIpc) is 3.36. The summed E-state index contributed by atoms with van der Waals surface area (Å²) in [5.74, 6) is 0.235. The summed E-state index contributed by atoms with van der Waals surface area (Å²) in [6, 6.07) is 13.4. The Labute approximate surface area is 170 Å². The Bertz CT molecular complexity index is 1140. The van der Waals surface area contributed by atoms with Crippen molar-refractivity contribution in [2.45, 2.75) is 19.8 Å². The molecule has 0 spiro atoms. The van der Waals surface area contributed by atoms with Crippen LogP contribution in [0.25, 0.3) is 22.6 Å². The molecule has 6 nitrogen and oxygen atoms in total. The third-order valence-corrected chi connectivity index (χ3v) is 4.97. The van der Waals surface area contributed by atoms with Gasteiger partial charge >= 0.3 is 0 Å². The van der Waals surface area contributed by atoms with Crippen molar-refractivity contribution in [2.75, 3.05) is 5.32 Å². The summed E-state index contributed by atoms with van der Waals surface area (Å²) in [5, 5.41) is 9.74. The van der Waals surface area contributed by atoms with Crippen molar-refractivity contribution in [3.8, 4) is 22.6 Å². The summed E-state index contributed by atoms with van der Waals surface area (Å²) in [7, 11) is 0. The van der Waals surface area contributed by atoms with Gasteiger partial charge in [-0.05, 0) is 43.3 Å². The Morgan fingerprint density at radius 2 is 1.97 bits per heavy atom. The molecule has 1 N–H and O–H groups in total. The van der Waals surface area contributed by atoms with Crippen molar-refractivity contribution in [3.05, 3.63) is 70.6 Å². The van der Waals surface area contributed by atoms with E-state index in [2.05, 4.69) is 20.4 Å². The molecule has 0 fully saturated rings. The lowest BCUT2D eigenvalue weighted by molar-refractivity contribution is -0.116. The Balaban J connectivity index is 1.35. The number of halogens is 1. The zero-order chi connectivity index (χ0) is 20.2. The molecule has 146 valence electrons. The number of hydrogen-bond acceptors (Lipinski definition) is 6. The highest BCUT2D eigenvalue weighted by Gasteiger charge is 2.11. The lowest BCUT2D eigenvalue weighted by Gasteiger charge is -2.06. The molecule has 29 heavy (non-hydrogen) atoms. The monoisotopic (exact) mass is 408 g/mol. The number of carbonyl (C=O) groups is 1. The number of hydrogen-bond donors (Lipinski definition) is 1. The van der Waals surface area contributed by atoms with Crippen LogP contribution in [0.2, 0.25) is 0 Å². The first kappa shape index (κ1) is 18.9. The van der Waals surface area contributed by atoms with Crippen LogP contribution in [0.1, 0.15) is 17.3 Å². The van der Waals surface area contributed by atoms with E-state index in [1.54, 1.807) is 23.5 Å². The largest absolute Gasteiger partial charge is 0.339 e. The van der Waals surface area contributed by atoms with E-state index in [4.69, 9.17) is 4.52 Å². The van der Waals surface area contributed by atoms with Gasteiger partial charge in [-0.3, -0.25) is 4.79 Å². The fourth-order valence-corrected chi connectivity index (χ4v) is 3.39. The maximum Gasteiger partial charge on any atom is 0.227 e. The van der Waals surface area contributed by atoms with Gasteiger partial charge in [0, 0.05) is 35.0 Å². The molecule has 0 atom stereocenters. The molecule has 1 amide bonds. The summed E-state index contributed by atoms with van der Waals surface area (Å²) in [4.78, 5) is 21.0. The number of nitrogens with one attached hydrogen (secondary N) is 1. The van der Waals surface area contributed by atoms with E-state index in [9.17, 15) is 9.18 Å². The molecule has 4 rings (SSSR count). The molecule has 8 heteroatoms. The van der Waals surface area contributed by atoms with Crippen LogP contribution in [0.15, 0.2) is 58.4 Å². The molecule has 0 aliphatic rings. The zero-order valence-corrected chi connectivity index (χ0v) is 16.4. The lowest BCUT2D eigenvalue weighted by atomic mass is 10.1. The Kier molecular flexibility index (Phi) is 5.44. The highest BCUT2D eigenvalue weighted by atomic mass is 32.1. The first-order valence-electron chi connectivity index (χ1n) is 8.98. The molecular formula is C21H17FN4O2S. The molecule has 0 aliphatic carbocycles. The number of rotatable bonds is 6. The van der Waals surface area contributed by atoms with Gasteiger partial charge in [-0.2, -0.15) is 4.98 Å². The van der Waals surface area contributed by atoms with E-state index in [0.29, 0.717) is 29.4 Å². The van der Waals surface area contributed by atoms with Crippen LogP contribution in [0.3, 0.4) is 0 Å². The Hall–Kier alpha value is -3.39. The third kappa shape index (κ3) is 4.72. The summed E-state index contributed by atoms with van der Waals surface area (Å²) in [6.45, 7) is 1.96. The maximum atomic E-state index is 13.0. The predicted molar refractivity (Wildman–Crippen MR) is 109 cm³/mol. The summed E-state index contributed by atoms with van der Waals surface area (Å²) in [6.07, 6.45) is 0.510. The quantitative estimate of drug-likeness (QED) is 0.492. The van der Waals surface area contributed by atoms with E-state index in [0.717, 1.165) is 16.3 Å². The van der Waals surface area contributed by atoms with Crippen molar-refractivity contribution >= 4 is 22.9 Å². The van der Waals surface area contributed by atoms with Gasteiger partial charge in [0.15, 0.2) is 0 Å². The van der Waals surface area contributed by atoms with Crippen LogP contribution in [-0.2, 0) is 11.2 Å². The van der Waals surface area contributed by atoms with Gasteiger partial charge in [0.2, 0.25) is 17.6 Å². The molecule has 0 saturated carbocycles. The first-order valence-corrected chi connectivity index (χ1v) is 9.86. The molecule has 0 bridgehead atoms. The number of amides is 1. The predicted octanol–water partition coefficient (Wildman–Crippen LogP) is 4.88. The second-order valence-corrected chi connectivity index (χ2v) is 7.46. The highest BCUT2D eigenvalue weighted by Crippen LogP contribution is 2.24. The molecule has 0 unspecified atom stereocenters. The maximum absolute atomic E-state index is 13.0. The standard InChI is InChI=1S/C21H17FN4O2S/c1-13-23-18(12-29-13)15-3-2-4-17(11-15)24-19(27)9-10-20-25-21(26-28-20)14-5-7-16(22)8-6-14/h2-8,11-12H,9-10H2,1H3,(H,24,27). The van der Waals surface area contributed by atoms with Crippen LogP contribution < -0.4 is 5.32 Å². The number of carbonyl (C=O) groups excluding carboxylic acids is 1. The van der Waals surface area contributed by atoms with E-state index >= 15 is 0 Å². The average molecular weight is 408 g/mol. The highest BCUT2D eigenvalue weighted by molar-refractivity contribution is 7.09. The van der Waals surface area contributed by atoms with E-state index in [-0.39, 0.29) is 18.1 Å². The first-order chi connectivity index (χ1) is 14.1.